The summed E-state index contributed by atoms with van der Waals surface area (Å²) >= 11 is 0. The van der Waals surface area contributed by atoms with E-state index in [0.717, 1.165) is 31.1 Å². The molecule has 0 spiro atoms. The molecule has 0 radical (unpaired) electrons. The van der Waals surface area contributed by atoms with Gasteiger partial charge in [0.25, 0.3) is 0 Å². The van der Waals surface area contributed by atoms with Gasteiger partial charge in [-0.05, 0) is 56.4 Å². The van der Waals surface area contributed by atoms with Crippen molar-refractivity contribution in [2.75, 3.05) is 18.0 Å². The third-order valence-corrected chi connectivity index (χ3v) is 4.79. The van der Waals surface area contributed by atoms with E-state index in [0.29, 0.717) is 6.04 Å². The Morgan fingerprint density at radius 2 is 2.00 bits per heavy atom. The van der Waals surface area contributed by atoms with Crippen LogP contribution in [0.1, 0.15) is 33.1 Å². The number of halogens is 1. The molecule has 3 rings (SSSR count). The van der Waals surface area contributed by atoms with Crippen LogP contribution in [0.15, 0.2) is 24.3 Å². The summed E-state index contributed by atoms with van der Waals surface area (Å²) in [5.74, 6) is 0.658. The maximum Gasteiger partial charge on any atom is 0.123 e. The Labute approximate surface area is 115 Å². The first-order chi connectivity index (χ1) is 9.12. The van der Waals surface area contributed by atoms with Crippen molar-refractivity contribution in [3.8, 4) is 0 Å². The molecule has 2 nitrogen and oxygen atoms in total. The average molecular weight is 262 g/mol. The highest BCUT2D eigenvalue weighted by molar-refractivity contribution is 5.49. The van der Waals surface area contributed by atoms with Gasteiger partial charge in [0.1, 0.15) is 5.82 Å². The lowest BCUT2D eigenvalue weighted by molar-refractivity contribution is 0.252. The van der Waals surface area contributed by atoms with Crippen molar-refractivity contribution in [2.24, 2.45) is 5.92 Å². The Morgan fingerprint density at radius 1 is 1.32 bits per heavy atom. The maximum absolute atomic E-state index is 13.1. The summed E-state index contributed by atoms with van der Waals surface area (Å²) in [6.45, 7) is 6.62. The van der Waals surface area contributed by atoms with Gasteiger partial charge in [0.15, 0.2) is 0 Å². The number of nitrogens with zero attached hydrogens (tertiary/aromatic N) is 1. The van der Waals surface area contributed by atoms with Gasteiger partial charge in [0.05, 0.1) is 0 Å². The zero-order valence-corrected chi connectivity index (χ0v) is 11.8. The number of hydrogen-bond acceptors (Lipinski definition) is 2. The van der Waals surface area contributed by atoms with E-state index >= 15 is 0 Å². The number of piperazine rings is 1. The van der Waals surface area contributed by atoms with E-state index in [2.05, 4.69) is 24.1 Å². The Bertz CT molecular complexity index is 441. The van der Waals surface area contributed by atoms with Crippen molar-refractivity contribution in [3.05, 3.63) is 30.1 Å². The molecule has 2 atom stereocenters. The van der Waals surface area contributed by atoms with E-state index in [-0.39, 0.29) is 11.4 Å². The molecule has 3 heteroatoms. The highest BCUT2D eigenvalue weighted by Crippen LogP contribution is 2.42. The minimum absolute atomic E-state index is 0.156. The van der Waals surface area contributed by atoms with Crippen LogP contribution >= 0.6 is 0 Å². The Hall–Kier alpha value is -1.09. The summed E-state index contributed by atoms with van der Waals surface area (Å²) in [5, 5.41) is 3.75. The first-order valence-corrected chi connectivity index (χ1v) is 7.39. The lowest BCUT2D eigenvalue weighted by Crippen LogP contribution is -2.64. The van der Waals surface area contributed by atoms with Crippen LogP contribution < -0.4 is 10.2 Å². The number of benzene rings is 1. The van der Waals surface area contributed by atoms with Gasteiger partial charge >= 0.3 is 0 Å². The fourth-order valence-electron chi connectivity index (χ4n) is 3.29. The summed E-state index contributed by atoms with van der Waals surface area (Å²) < 4.78 is 13.1. The molecule has 1 aliphatic carbocycles. The number of nitrogens with one attached hydrogen (secondary N) is 1. The molecular weight excluding hydrogens is 239 g/mol. The second-order valence-corrected chi connectivity index (χ2v) is 6.24. The molecule has 1 N–H and O–H groups in total. The molecule has 0 amide bonds. The summed E-state index contributed by atoms with van der Waals surface area (Å²) in [7, 11) is 0. The molecule has 0 bridgehead atoms. The fraction of sp³-hybridized carbons (Fsp3) is 0.625. The average Bonchev–Trinajstić information content (AvgIpc) is 3.24. The van der Waals surface area contributed by atoms with Crippen molar-refractivity contribution in [1.29, 1.82) is 0 Å². The van der Waals surface area contributed by atoms with E-state index in [4.69, 9.17) is 0 Å². The van der Waals surface area contributed by atoms with Crippen LogP contribution in [-0.2, 0) is 0 Å². The van der Waals surface area contributed by atoms with Crippen molar-refractivity contribution in [2.45, 2.75) is 44.7 Å². The second kappa shape index (κ2) is 4.78. The van der Waals surface area contributed by atoms with Crippen LogP contribution in [0.2, 0.25) is 0 Å². The third kappa shape index (κ3) is 2.48. The number of anilines is 1. The topological polar surface area (TPSA) is 15.3 Å². The van der Waals surface area contributed by atoms with Gasteiger partial charge in [-0.15, -0.1) is 0 Å². The van der Waals surface area contributed by atoms with E-state index in [1.165, 1.54) is 12.8 Å². The molecule has 104 valence electrons. The van der Waals surface area contributed by atoms with E-state index in [1.807, 2.05) is 12.1 Å². The van der Waals surface area contributed by atoms with Gasteiger partial charge in [0, 0.05) is 30.4 Å². The third-order valence-electron chi connectivity index (χ3n) is 4.79. The standard InChI is InChI=1S/C16H23FN2/c1-3-14-10-18-16(2,12-4-5-12)11-19(14)15-8-6-13(17)7-9-15/h6-9,12,14,18H,3-5,10-11H2,1-2H3. The second-order valence-electron chi connectivity index (χ2n) is 6.24. The Balaban J connectivity index is 1.84. The molecule has 1 saturated heterocycles. The molecule has 2 aliphatic rings. The highest BCUT2D eigenvalue weighted by atomic mass is 19.1. The fourth-order valence-corrected chi connectivity index (χ4v) is 3.29. The van der Waals surface area contributed by atoms with Crippen LogP contribution in [0.4, 0.5) is 10.1 Å². The van der Waals surface area contributed by atoms with Gasteiger partial charge in [-0.25, -0.2) is 4.39 Å². The van der Waals surface area contributed by atoms with E-state index < -0.39 is 0 Å². The van der Waals surface area contributed by atoms with Crippen molar-refractivity contribution < 1.29 is 4.39 Å². The SMILES string of the molecule is CCC1CNC(C)(C2CC2)CN1c1ccc(F)cc1. The number of rotatable bonds is 3. The zero-order valence-electron chi connectivity index (χ0n) is 11.8. The summed E-state index contributed by atoms with van der Waals surface area (Å²) in [5.41, 5.74) is 1.38. The molecule has 2 unspecified atom stereocenters. The predicted molar refractivity (Wildman–Crippen MR) is 77.0 cm³/mol. The van der Waals surface area contributed by atoms with Crippen LogP contribution in [-0.4, -0.2) is 24.7 Å². The van der Waals surface area contributed by atoms with Gasteiger partial charge in [-0.1, -0.05) is 6.92 Å². The minimum atomic E-state index is -0.156. The first-order valence-electron chi connectivity index (χ1n) is 7.39. The molecule has 2 fully saturated rings. The monoisotopic (exact) mass is 262 g/mol. The summed E-state index contributed by atoms with van der Waals surface area (Å²) in [4.78, 5) is 2.47. The molecule has 0 aromatic heterocycles. The van der Waals surface area contributed by atoms with E-state index in [9.17, 15) is 4.39 Å². The van der Waals surface area contributed by atoms with Gasteiger partial charge in [-0.2, -0.15) is 0 Å². The van der Waals surface area contributed by atoms with Gasteiger partial charge < -0.3 is 10.2 Å². The first kappa shape index (κ1) is 12.9. The van der Waals surface area contributed by atoms with Gasteiger partial charge in [-0.3, -0.25) is 0 Å². The predicted octanol–water partition coefficient (Wildman–Crippen LogP) is 3.18. The van der Waals surface area contributed by atoms with Crippen LogP contribution in [0, 0.1) is 11.7 Å². The normalized spacial score (nSPS) is 31.5. The lowest BCUT2D eigenvalue weighted by Gasteiger charge is -2.47. The van der Waals surface area contributed by atoms with Crippen molar-refractivity contribution in [1.82, 2.24) is 5.32 Å². The number of hydrogen-bond donors (Lipinski definition) is 1. The largest absolute Gasteiger partial charge is 0.365 e. The minimum Gasteiger partial charge on any atom is -0.365 e. The van der Waals surface area contributed by atoms with E-state index in [1.54, 1.807) is 12.1 Å². The Morgan fingerprint density at radius 3 is 2.58 bits per heavy atom. The quantitative estimate of drug-likeness (QED) is 0.900. The van der Waals surface area contributed by atoms with Crippen LogP contribution in [0.25, 0.3) is 0 Å². The molecule has 1 aliphatic heterocycles. The van der Waals surface area contributed by atoms with Gasteiger partial charge in [0.2, 0.25) is 0 Å². The molecule has 1 aromatic rings. The molecular formula is C16H23FN2. The van der Waals surface area contributed by atoms with Crippen molar-refractivity contribution >= 4 is 5.69 Å². The molecule has 1 saturated carbocycles. The van der Waals surface area contributed by atoms with Crippen LogP contribution in [0.5, 0.6) is 0 Å². The maximum atomic E-state index is 13.1. The Kier molecular flexibility index (Phi) is 3.25. The lowest BCUT2D eigenvalue weighted by atomic mass is 9.90. The summed E-state index contributed by atoms with van der Waals surface area (Å²) in [6.07, 6.45) is 3.81. The summed E-state index contributed by atoms with van der Waals surface area (Å²) in [6, 6.07) is 7.47. The van der Waals surface area contributed by atoms with Crippen LogP contribution in [0.3, 0.4) is 0 Å². The molecule has 19 heavy (non-hydrogen) atoms. The molecule has 1 heterocycles. The highest BCUT2D eigenvalue weighted by Gasteiger charge is 2.45. The molecule has 1 aromatic carbocycles. The van der Waals surface area contributed by atoms with Crippen molar-refractivity contribution in [3.63, 3.8) is 0 Å². The smallest absolute Gasteiger partial charge is 0.123 e. The zero-order chi connectivity index (χ0) is 13.5.